The molecular weight excluding hydrogens is 372 g/mol. The van der Waals surface area contributed by atoms with Crippen LogP contribution in [0.25, 0.3) is 0 Å². The Bertz CT molecular complexity index is 602. The summed E-state index contributed by atoms with van der Waals surface area (Å²) in [6.07, 6.45) is 3.23. The fraction of sp³-hybridized carbons (Fsp3) is 0.143. The van der Waals surface area contributed by atoms with Gasteiger partial charge in [0.15, 0.2) is 0 Å². The molecule has 1 aromatic heterocycles. The molecule has 1 aromatic carbocycles. The van der Waals surface area contributed by atoms with Crippen molar-refractivity contribution in [3.05, 3.63) is 62.8 Å². The topological polar surface area (TPSA) is 33.2 Å². The third-order valence-electron chi connectivity index (χ3n) is 2.66. The molecule has 0 saturated heterocycles. The molecule has 0 bridgehead atoms. The van der Waals surface area contributed by atoms with Crippen molar-refractivity contribution in [2.24, 2.45) is 0 Å². The van der Waals surface area contributed by atoms with Crippen molar-refractivity contribution >= 4 is 37.8 Å². The Balaban J connectivity index is 2.14. The molecule has 0 radical (unpaired) electrons. The van der Waals surface area contributed by atoms with Gasteiger partial charge in [-0.2, -0.15) is 0 Å². The number of amides is 1. The van der Waals surface area contributed by atoms with Crippen molar-refractivity contribution < 1.29 is 4.79 Å². The highest BCUT2D eigenvalue weighted by atomic mass is 79.9. The zero-order valence-electron chi connectivity index (χ0n) is 10.3. The lowest BCUT2D eigenvalue weighted by molar-refractivity contribution is 0.0784. The zero-order chi connectivity index (χ0) is 13.8. The van der Waals surface area contributed by atoms with Crippen LogP contribution in [0.1, 0.15) is 15.9 Å². The van der Waals surface area contributed by atoms with Crippen LogP contribution in [0, 0.1) is 0 Å². The molecular formula is C14H12Br2N2O. The second-order valence-electron chi connectivity index (χ2n) is 4.14. The van der Waals surface area contributed by atoms with Gasteiger partial charge in [-0.05, 0) is 33.6 Å². The zero-order valence-corrected chi connectivity index (χ0v) is 13.5. The summed E-state index contributed by atoms with van der Waals surface area (Å²) in [7, 11) is 1.78. The van der Waals surface area contributed by atoms with Crippen LogP contribution in [-0.4, -0.2) is 22.8 Å². The number of hydrogen-bond acceptors (Lipinski definition) is 2. The monoisotopic (exact) mass is 382 g/mol. The minimum Gasteiger partial charge on any atom is -0.337 e. The highest BCUT2D eigenvalue weighted by Gasteiger charge is 2.13. The van der Waals surface area contributed by atoms with E-state index in [1.807, 2.05) is 24.3 Å². The highest BCUT2D eigenvalue weighted by molar-refractivity contribution is 9.10. The normalized spacial score (nSPS) is 10.3. The number of aromatic nitrogens is 1. The van der Waals surface area contributed by atoms with Crippen molar-refractivity contribution in [2.75, 3.05) is 7.05 Å². The molecule has 3 nitrogen and oxygen atoms in total. The van der Waals surface area contributed by atoms with Crippen LogP contribution in [-0.2, 0) is 6.54 Å². The van der Waals surface area contributed by atoms with E-state index in [2.05, 4.69) is 36.8 Å². The number of rotatable bonds is 3. The fourth-order valence-corrected chi connectivity index (χ4v) is 2.48. The van der Waals surface area contributed by atoms with Gasteiger partial charge in [0.25, 0.3) is 5.91 Å². The highest BCUT2D eigenvalue weighted by Crippen LogP contribution is 2.18. The van der Waals surface area contributed by atoms with Crippen molar-refractivity contribution in [3.63, 3.8) is 0 Å². The first-order chi connectivity index (χ1) is 9.08. The van der Waals surface area contributed by atoms with Crippen LogP contribution in [0.2, 0.25) is 0 Å². The summed E-state index contributed by atoms with van der Waals surface area (Å²) in [6, 6.07) is 9.64. The Labute approximate surface area is 128 Å². The van der Waals surface area contributed by atoms with Gasteiger partial charge in [-0.15, -0.1) is 0 Å². The molecule has 0 aliphatic rings. The van der Waals surface area contributed by atoms with Gasteiger partial charge in [-0.1, -0.05) is 34.1 Å². The summed E-state index contributed by atoms with van der Waals surface area (Å²) < 4.78 is 1.80. The number of carbonyl (C=O) groups excluding carboxylic acids is 1. The van der Waals surface area contributed by atoms with Gasteiger partial charge in [-0.3, -0.25) is 9.78 Å². The number of benzene rings is 1. The van der Waals surface area contributed by atoms with E-state index in [4.69, 9.17) is 0 Å². The van der Waals surface area contributed by atoms with Gasteiger partial charge < -0.3 is 4.90 Å². The van der Waals surface area contributed by atoms with Crippen molar-refractivity contribution in [3.8, 4) is 0 Å². The van der Waals surface area contributed by atoms with Crippen LogP contribution < -0.4 is 0 Å². The fourth-order valence-electron chi connectivity index (χ4n) is 1.70. The van der Waals surface area contributed by atoms with Gasteiger partial charge in [-0.25, -0.2) is 0 Å². The van der Waals surface area contributed by atoms with E-state index in [1.54, 1.807) is 30.4 Å². The molecule has 0 saturated carbocycles. The summed E-state index contributed by atoms with van der Waals surface area (Å²) in [5, 5.41) is 0. The average Bonchev–Trinajstić information content (AvgIpc) is 2.40. The standard InChI is InChI=1S/C14H12Br2N2O/c1-18(9-10-4-2-3-5-13(10)16)14(19)11-6-12(15)8-17-7-11/h2-8H,9H2,1H3. The SMILES string of the molecule is CN(Cc1ccccc1Br)C(=O)c1cncc(Br)c1. The molecule has 0 fully saturated rings. The van der Waals surface area contributed by atoms with E-state index in [0.29, 0.717) is 12.1 Å². The lowest BCUT2D eigenvalue weighted by atomic mass is 10.2. The van der Waals surface area contributed by atoms with E-state index in [0.717, 1.165) is 14.5 Å². The van der Waals surface area contributed by atoms with Crippen LogP contribution in [0.5, 0.6) is 0 Å². The van der Waals surface area contributed by atoms with Crippen LogP contribution >= 0.6 is 31.9 Å². The number of nitrogens with zero attached hydrogens (tertiary/aromatic N) is 2. The maximum Gasteiger partial charge on any atom is 0.255 e. The van der Waals surface area contributed by atoms with E-state index in [1.165, 1.54) is 0 Å². The Hall–Kier alpha value is -1.20. The smallest absolute Gasteiger partial charge is 0.255 e. The van der Waals surface area contributed by atoms with Crippen molar-refractivity contribution in [2.45, 2.75) is 6.54 Å². The molecule has 19 heavy (non-hydrogen) atoms. The molecule has 5 heteroatoms. The average molecular weight is 384 g/mol. The molecule has 98 valence electrons. The van der Waals surface area contributed by atoms with Gasteiger partial charge >= 0.3 is 0 Å². The molecule has 2 rings (SSSR count). The van der Waals surface area contributed by atoms with Crippen LogP contribution in [0.3, 0.4) is 0 Å². The Morgan fingerprint density at radius 3 is 2.68 bits per heavy atom. The predicted molar refractivity (Wildman–Crippen MR) is 81.9 cm³/mol. The molecule has 0 aliphatic heterocycles. The van der Waals surface area contributed by atoms with E-state index in [9.17, 15) is 4.79 Å². The Morgan fingerprint density at radius 2 is 2.00 bits per heavy atom. The van der Waals surface area contributed by atoms with Gasteiger partial charge in [0, 0.05) is 34.9 Å². The molecule has 0 atom stereocenters. The lowest BCUT2D eigenvalue weighted by Crippen LogP contribution is -2.26. The molecule has 0 N–H and O–H groups in total. The number of pyridine rings is 1. The summed E-state index contributed by atoms with van der Waals surface area (Å²) in [4.78, 5) is 17.9. The summed E-state index contributed by atoms with van der Waals surface area (Å²) in [5.74, 6) is -0.0513. The largest absolute Gasteiger partial charge is 0.337 e. The molecule has 0 aliphatic carbocycles. The van der Waals surface area contributed by atoms with E-state index < -0.39 is 0 Å². The summed E-state index contributed by atoms with van der Waals surface area (Å²) in [5.41, 5.74) is 1.64. The van der Waals surface area contributed by atoms with E-state index in [-0.39, 0.29) is 5.91 Å². The number of carbonyl (C=O) groups is 1. The predicted octanol–water partition coefficient (Wildman–Crippen LogP) is 3.88. The molecule has 1 amide bonds. The van der Waals surface area contributed by atoms with Crippen molar-refractivity contribution in [1.82, 2.24) is 9.88 Å². The van der Waals surface area contributed by atoms with Crippen LogP contribution in [0.4, 0.5) is 0 Å². The maximum atomic E-state index is 12.3. The van der Waals surface area contributed by atoms with Gasteiger partial charge in [0.05, 0.1) is 5.56 Å². The van der Waals surface area contributed by atoms with E-state index >= 15 is 0 Å². The first-order valence-corrected chi connectivity index (χ1v) is 7.26. The third kappa shape index (κ3) is 3.64. The quantitative estimate of drug-likeness (QED) is 0.805. The van der Waals surface area contributed by atoms with Crippen molar-refractivity contribution in [1.29, 1.82) is 0 Å². The molecule has 0 spiro atoms. The van der Waals surface area contributed by atoms with Crippen LogP contribution in [0.15, 0.2) is 51.7 Å². The second kappa shape index (κ2) is 6.30. The molecule has 2 aromatic rings. The first-order valence-electron chi connectivity index (χ1n) is 5.67. The number of halogens is 2. The Kier molecular flexibility index (Phi) is 4.71. The molecule has 0 unspecified atom stereocenters. The summed E-state index contributed by atoms with van der Waals surface area (Å²) >= 11 is 6.80. The Morgan fingerprint density at radius 1 is 1.26 bits per heavy atom. The number of hydrogen-bond donors (Lipinski definition) is 0. The second-order valence-corrected chi connectivity index (χ2v) is 5.91. The lowest BCUT2D eigenvalue weighted by Gasteiger charge is -2.18. The minimum absolute atomic E-state index is 0.0513. The summed E-state index contributed by atoms with van der Waals surface area (Å²) in [6.45, 7) is 0.548. The molecule has 1 heterocycles. The first kappa shape index (κ1) is 14.2. The third-order valence-corrected chi connectivity index (χ3v) is 3.87. The maximum absolute atomic E-state index is 12.3. The van der Waals surface area contributed by atoms with Gasteiger partial charge in [0.1, 0.15) is 0 Å². The minimum atomic E-state index is -0.0513. The van der Waals surface area contributed by atoms with Gasteiger partial charge in [0.2, 0.25) is 0 Å².